The molecule has 156 valence electrons. The van der Waals surface area contributed by atoms with Crippen LogP contribution in [0.15, 0.2) is 36.4 Å². The molecule has 1 nitrogen and oxygen atoms in total. The van der Waals surface area contributed by atoms with Crippen LogP contribution in [0.3, 0.4) is 0 Å². The fourth-order valence-electron chi connectivity index (χ4n) is 2.51. The fourth-order valence-corrected chi connectivity index (χ4v) is 3.70. The molecule has 2 rings (SSSR count). The third kappa shape index (κ3) is 7.76. The van der Waals surface area contributed by atoms with Crippen molar-refractivity contribution in [3.63, 3.8) is 0 Å². The van der Waals surface area contributed by atoms with E-state index in [1.807, 2.05) is 43.8 Å². The number of benzene rings is 2. The van der Waals surface area contributed by atoms with Crippen LogP contribution in [0.2, 0.25) is 0 Å². The molecule has 0 aliphatic rings. The predicted octanol–water partition coefficient (Wildman–Crippen LogP) is 7.05. The van der Waals surface area contributed by atoms with E-state index >= 15 is 0 Å². The van der Waals surface area contributed by atoms with E-state index < -0.39 is 0 Å². The molecule has 2 aromatic rings. The Bertz CT molecular complexity index is 768. The first-order chi connectivity index (χ1) is 12.9. The highest BCUT2D eigenvalue weighted by Crippen LogP contribution is 2.36. The van der Waals surface area contributed by atoms with Gasteiger partial charge in [0.05, 0.1) is 6.61 Å². The lowest BCUT2D eigenvalue weighted by molar-refractivity contribution is 0.218. The van der Waals surface area contributed by atoms with Gasteiger partial charge in [-0.3, -0.25) is 0 Å². The third-order valence-corrected chi connectivity index (χ3v) is 6.05. The van der Waals surface area contributed by atoms with Gasteiger partial charge in [-0.05, 0) is 75.9 Å². The number of hydrogen-bond acceptors (Lipinski definition) is 3. The summed E-state index contributed by atoms with van der Waals surface area (Å²) in [7, 11) is 1.70. The smallest absolute Gasteiger partial charge is 0.126 e. The molecule has 0 saturated heterocycles. The van der Waals surface area contributed by atoms with Gasteiger partial charge in [0.15, 0.2) is 0 Å². The average Bonchev–Trinajstić information content (AvgIpc) is 2.59. The van der Waals surface area contributed by atoms with Crippen LogP contribution < -0.4 is 0 Å². The molecule has 0 amide bonds. The highest BCUT2D eigenvalue weighted by molar-refractivity contribution is 8.00. The molecule has 0 bridgehead atoms. The number of thiol groups is 1. The number of hydrogen-bond donors (Lipinski definition) is 1. The molecule has 2 aromatic carbocycles. The van der Waals surface area contributed by atoms with Gasteiger partial charge in [0.25, 0.3) is 0 Å². The van der Waals surface area contributed by atoms with Crippen molar-refractivity contribution in [3.05, 3.63) is 70.3 Å². The fraction of sp³-hybridized carbons (Fsp3) is 0.478. The van der Waals surface area contributed by atoms with Crippen LogP contribution >= 0.6 is 24.4 Å². The molecule has 5 heteroatoms. The highest BCUT2D eigenvalue weighted by Gasteiger charge is 2.21. The lowest BCUT2D eigenvalue weighted by Crippen LogP contribution is -2.14. The molecule has 0 fully saturated rings. The predicted molar refractivity (Wildman–Crippen MR) is 122 cm³/mol. The van der Waals surface area contributed by atoms with Gasteiger partial charge in [0.1, 0.15) is 11.6 Å². The average molecular weight is 427 g/mol. The quantitative estimate of drug-likeness (QED) is 0.391. The Morgan fingerprint density at radius 3 is 1.79 bits per heavy atom. The van der Waals surface area contributed by atoms with Crippen molar-refractivity contribution >= 4 is 24.4 Å². The molecule has 28 heavy (non-hydrogen) atoms. The third-order valence-electron chi connectivity index (χ3n) is 4.47. The Morgan fingerprint density at radius 1 is 0.893 bits per heavy atom. The summed E-state index contributed by atoms with van der Waals surface area (Å²) >= 11 is 6.23. The molecule has 0 N–H and O–H groups in total. The van der Waals surface area contributed by atoms with Crippen LogP contribution in [-0.2, 0) is 14.2 Å². The minimum absolute atomic E-state index is 0.00299. The molecule has 0 spiro atoms. The van der Waals surface area contributed by atoms with Crippen LogP contribution in [0, 0.1) is 25.5 Å². The summed E-state index contributed by atoms with van der Waals surface area (Å²) in [5, 5.41) is 0. The Hall–Kier alpha value is -1.04. The van der Waals surface area contributed by atoms with E-state index in [2.05, 4.69) is 26.5 Å². The normalized spacial score (nSPS) is 11.8. The monoisotopic (exact) mass is 426 g/mol. The zero-order valence-corrected chi connectivity index (χ0v) is 19.6. The summed E-state index contributed by atoms with van der Waals surface area (Å²) in [6.45, 7) is 12.6. The number of thioether (sulfide) groups is 1. The molecule has 0 radical (unpaired) electrons. The molecular weight excluding hydrogens is 394 g/mol. The number of methoxy groups -OCH3 is 1. The van der Waals surface area contributed by atoms with Crippen LogP contribution in [0.25, 0.3) is 0 Å². The van der Waals surface area contributed by atoms with Crippen molar-refractivity contribution in [1.82, 2.24) is 0 Å². The van der Waals surface area contributed by atoms with E-state index in [9.17, 15) is 8.78 Å². The van der Waals surface area contributed by atoms with Gasteiger partial charge in [0.2, 0.25) is 0 Å². The number of aryl methyl sites for hydroxylation is 2. The molecular formula is C23H32F2OS2. The first kappa shape index (κ1) is 25.0. The zero-order valence-electron chi connectivity index (χ0n) is 17.9. The Morgan fingerprint density at radius 2 is 1.36 bits per heavy atom. The first-order valence-electron chi connectivity index (χ1n) is 9.27. The van der Waals surface area contributed by atoms with Crippen LogP contribution in [-0.4, -0.2) is 19.5 Å². The largest absolute Gasteiger partial charge is 0.384 e. The maximum atomic E-state index is 13.2. The number of halogens is 2. The highest BCUT2D eigenvalue weighted by atomic mass is 32.2. The van der Waals surface area contributed by atoms with Crippen molar-refractivity contribution in [3.8, 4) is 0 Å². The minimum Gasteiger partial charge on any atom is -0.384 e. The number of ether oxygens (including phenoxy) is 1. The number of rotatable bonds is 6. The van der Waals surface area contributed by atoms with Crippen molar-refractivity contribution < 1.29 is 13.5 Å². The Balaban J connectivity index is 0.000000292. The standard InChI is InChI=1S/C13H19FOS.C10H13FS/c1-10-9-11(5-6-12(10)14)13(2,3)16-8-7-15-4;1-7-6-8(10(2,3)12)4-5-9(7)11/h5-6,9H,7-8H2,1-4H3;4-6,12H,1-3H3. The summed E-state index contributed by atoms with van der Waals surface area (Å²) in [5.74, 6) is 0.651. The van der Waals surface area contributed by atoms with Gasteiger partial charge in [-0.2, -0.15) is 12.6 Å². The summed E-state index contributed by atoms with van der Waals surface area (Å²) in [6.07, 6.45) is 0. The second-order valence-electron chi connectivity index (χ2n) is 7.84. The molecule has 0 aliphatic heterocycles. The molecule has 0 saturated carbocycles. The SMILES string of the molecule is COCCSC(C)(C)c1ccc(F)c(C)c1.Cc1cc(C(C)(C)S)ccc1F. The molecule has 0 atom stereocenters. The summed E-state index contributed by atoms with van der Waals surface area (Å²) in [6, 6.07) is 10.4. The van der Waals surface area contributed by atoms with Crippen molar-refractivity contribution in [2.45, 2.75) is 51.0 Å². The van der Waals surface area contributed by atoms with E-state index in [1.165, 1.54) is 6.07 Å². The lowest BCUT2D eigenvalue weighted by Gasteiger charge is -2.25. The van der Waals surface area contributed by atoms with Crippen LogP contribution in [0.5, 0.6) is 0 Å². The van der Waals surface area contributed by atoms with Crippen LogP contribution in [0.4, 0.5) is 8.78 Å². The van der Waals surface area contributed by atoms with Gasteiger partial charge in [0, 0.05) is 22.4 Å². The Kier molecular flexibility index (Phi) is 9.51. The molecule has 0 aliphatic carbocycles. The second kappa shape index (κ2) is 10.7. The van der Waals surface area contributed by atoms with Gasteiger partial charge in [-0.25, -0.2) is 8.78 Å². The maximum absolute atomic E-state index is 13.2. The summed E-state index contributed by atoms with van der Waals surface area (Å²) in [4.78, 5) is 0. The van der Waals surface area contributed by atoms with Gasteiger partial charge >= 0.3 is 0 Å². The maximum Gasteiger partial charge on any atom is 0.126 e. The summed E-state index contributed by atoms with van der Waals surface area (Å²) in [5.41, 5.74) is 3.59. The summed E-state index contributed by atoms with van der Waals surface area (Å²) < 4.78 is 30.9. The van der Waals surface area contributed by atoms with Crippen molar-refractivity contribution in [2.24, 2.45) is 0 Å². The van der Waals surface area contributed by atoms with E-state index in [4.69, 9.17) is 4.74 Å². The first-order valence-corrected chi connectivity index (χ1v) is 10.7. The minimum atomic E-state index is -0.196. The lowest BCUT2D eigenvalue weighted by atomic mass is 10.0. The molecule has 0 heterocycles. The van der Waals surface area contributed by atoms with E-state index in [0.29, 0.717) is 11.1 Å². The van der Waals surface area contributed by atoms with Crippen LogP contribution in [0.1, 0.15) is 49.9 Å². The zero-order chi connectivity index (χ0) is 21.5. The van der Waals surface area contributed by atoms with Gasteiger partial charge < -0.3 is 4.74 Å². The second-order valence-corrected chi connectivity index (χ2v) is 10.7. The van der Waals surface area contributed by atoms with E-state index in [0.717, 1.165) is 23.5 Å². The van der Waals surface area contributed by atoms with Gasteiger partial charge in [-0.15, -0.1) is 11.8 Å². The van der Waals surface area contributed by atoms with E-state index in [1.54, 1.807) is 33.1 Å². The van der Waals surface area contributed by atoms with Crippen molar-refractivity contribution in [2.75, 3.05) is 19.5 Å². The van der Waals surface area contributed by atoms with Crippen molar-refractivity contribution in [1.29, 1.82) is 0 Å². The molecule has 0 aromatic heterocycles. The topological polar surface area (TPSA) is 9.23 Å². The molecule has 0 unspecified atom stereocenters. The van der Waals surface area contributed by atoms with Gasteiger partial charge in [-0.1, -0.05) is 24.3 Å². The Labute approximate surface area is 178 Å². The van der Waals surface area contributed by atoms with E-state index in [-0.39, 0.29) is 21.1 Å².